The average molecular weight is 506 g/mol. The lowest BCUT2D eigenvalue weighted by Crippen LogP contribution is -2.32. The van der Waals surface area contributed by atoms with E-state index in [1.807, 2.05) is 52.8 Å². The van der Waals surface area contributed by atoms with Gasteiger partial charge in [-0.15, -0.1) is 11.3 Å². The topological polar surface area (TPSA) is 104 Å². The summed E-state index contributed by atoms with van der Waals surface area (Å²) in [5.41, 5.74) is 4.25. The summed E-state index contributed by atoms with van der Waals surface area (Å²) in [7, 11) is 0. The molecule has 3 amide bonds. The van der Waals surface area contributed by atoms with Crippen molar-refractivity contribution in [2.24, 2.45) is 17.3 Å². The third kappa shape index (κ3) is 4.10. The van der Waals surface area contributed by atoms with Crippen LogP contribution in [0.2, 0.25) is 0 Å². The van der Waals surface area contributed by atoms with E-state index >= 15 is 0 Å². The number of likely N-dealkylation sites (tertiary alicyclic amines) is 1. The molecule has 2 fully saturated rings. The molecule has 0 aromatic carbocycles. The Morgan fingerprint density at radius 1 is 1.25 bits per heavy atom. The molecule has 2 saturated heterocycles. The summed E-state index contributed by atoms with van der Waals surface area (Å²) in [4.78, 5) is 50.1. The molecule has 8 nitrogen and oxygen atoms in total. The number of rotatable bonds is 5. The van der Waals surface area contributed by atoms with E-state index in [9.17, 15) is 14.4 Å². The first-order valence-corrected chi connectivity index (χ1v) is 13.1. The van der Waals surface area contributed by atoms with E-state index < -0.39 is 5.41 Å². The minimum absolute atomic E-state index is 0.00466. The molecule has 0 saturated carbocycles. The van der Waals surface area contributed by atoms with E-state index in [0.29, 0.717) is 12.2 Å². The lowest BCUT2D eigenvalue weighted by atomic mass is 9.82. The molecule has 5 heterocycles. The van der Waals surface area contributed by atoms with Gasteiger partial charge in [-0.05, 0) is 45.0 Å². The molecule has 188 valence electrons. The molecule has 1 unspecified atom stereocenters. The highest BCUT2D eigenvalue weighted by Crippen LogP contribution is 2.41. The number of fused-ring (bicyclic) bond motifs is 1. The maximum absolute atomic E-state index is 13.0. The van der Waals surface area contributed by atoms with Gasteiger partial charge in [0.05, 0.1) is 39.5 Å². The van der Waals surface area contributed by atoms with Gasteiger partial charge in [-0.1, -0.05) is 20.8 Å². The number of nitrogens with zero attached hydrogens (tertiary/aromatic N) is 3. The van der Waals surface area contributed by atoms with Crippen molar-refractivity contribution < 1.29 is 14.4 Å². The number of aromatic nitrogens is 2. The normalized spacial score (nSPS) is 21.5. The van der Waals surface area contributed by atoms with Crippen molar-refractivity contribution in [3.63, 3.8) is 0 Å². The van der Waals surface area contributed by atoms with Gasteiger partial charge in [-0.25, -0.2) is 0 Å². The Kier molecular flexibility index (Phi) is 6.16. The van der Waals surface area contributed by atoms with Gasteiger partial charge in [-0.3, -0.25) is 29.3 Å². The molecule has 2 aliphatic rings. The minimum Gasteiger partial charge on any atom is -0.324 e. The van der Waals surface area contributed by atoms with Crippen LogP contribution in [0.15, 0.2) is 24.4 Å². The average Bonchev–Trinajstić information content (AvgIpc) is 3.54. The van der Waals surface area contributed by atoms with E-state index in [4.69, 9.17) is 0 Å². The van der Waals surface area contributed by atoms with Gasteiger partial charge in [0, 0.05) is 40.4 Å². The van der Waals surface area contributed by atoms with Crippen LogP contribution < -0.4 is 10.6 Å². The second-order valence-corrected chi connectivity index (χ2v) is 11.5. The van der Waals surface area contributed by atoms with E-state index in [0.717, 1.165) is 50.6 Å². The molecule has 2 atom stereocenters. The summed E-state index contributed by atoms with van der Waals surface area (Å²) in [5, 5.41) is 6.39. The Morgan fingerprint density at radius 3 is 2.69 bits per heavy atom. The lowest BCUT2D eigenvalue weighted by Gasteiger charge is -2.18. The van der Waals surface area contributed by atoms with Crippen molar-refractivity contribution in [1.82, 2.24) is 20.2 Å². The second-order valence-electron chi connectivity index (χ2n) is 10.4. The predicted molar refractivity (Wildman–Crippen MR) is 140 cm³/mol. The van der Waals surface area contributed by atoms with E-state index in [-0.39, 0.29) is 36.1 Å². The molecule has 36 heavy (non-hydrogen) atoms. The number of nitrogens with one attached hydrogen (secondary N) is 2. The third-order valence-electron chi connectivity index (χ3n) is 7.59. The van der Waals surface area contributed by atoms with Gasteiger partial charge in [0.2, 0.25) is 17.7 Å². The number of hydrogen-bond donors (Lipinski definition) is 2. The zero-order chi connectivity index (χ0) is 25.8. The van der Waals surface area contributed by atoms with Gasteiger partial charge in [0.15, 0.2) is 0 Å². The fraction of sp³-hybridized carbons (Fsp3) is 0.444. The Bertz CT molecular complexity index is 1390. The predicted octanol–water partition coefficient (Wildman–Crippen LogP) is 4.05. The van der Waals surface area contributed by atoms with Crippen LogP contribution in [0, 0.1) is 31.1 Å². The van der Waals surface area contributed by atoms with Crippen LogP contribution in [0.5, 0.6) is 0 Å². The molecular weight excluding hydrogens is 474 g/mol. The Labute approximate surface area is 214 Å². The molecular formula is C27H31N5O3S. The Morgan fingerprint density at radius 2 is 2.03 bits per heavy atom. The highest BCUT2D eigenvalue weighted by atomic mass is 32.1. The second kappa shape index (κ2) is 9.05. The van der Waals surface area contributed by atoms with Crippen LogP contribution in [0.1, 0.15) is 43.5 Å². The number of hydrogen-bond acceptors (Lipinski definition) is 7. The van der Waals surface area contributed by atoms with E-state index in [1.165, 1.54) is 16.2 Å². The SMILES string of the molecule is Cc1cc(-c2ccnc3cc(CN4C(=O)C(C)C(C)(C)C4=O)sc23)c(NC(=O)[C@@H]2CCNC2)c(C)n1. The zero-order valence-corrected chi connectivity index (χ0v) is 22.1. The van der Waals surface area contributed by atoms with Gasteiger partial charge >= 0.3 is 0 Å². The fourth-order valence-electron chi connectivity index (χ4n) is 5.06. The molecule has 3 aromatic heterocycles. The van der Waals surface area contributed by atoms with E-state index in [1.54, 1.807) is 6.20 Å². The summed E-state index contributed by atoms with van der Waals surface area (Å²) in [6.07, 6.45) is 2.57. The molecule has 0 bridgehead atoms. The van der Waals surface area contributed by atoms with Crippen LogP contribution in [-0.4, -0.2) is 45.7 Å². The first-order chi connectivity index (χ1) is 17.1. The van der Waals surface area contributed by atoms with Crippen molar-refractivity contribution in [2.75, 3.05) is 18.4 Å². The minimum atomic E-state index is -0.703. The number of amides is 3. The monoisotopic (exact) mass is 505 g/mol. The molecule has 9 heteroatoms. The zero-order valence-electron chi connectivity index (χ0n) is 21.3. The highest BCUT2D eigenvalue weighted by Gasteiger charge is 2.51. The van der Waals surface area contributed by atoms with Crippen LogP contribution in [0.3, 0.4) is 0 Å². The quantitative estimate of drug-likeness (QED) is 0.507. The Hall–Kier alpha value is -3.17. The molecule has 0 radical (unpaired) electrons. The number of pyridine rings is 2. The van der Waals surface area contributed by atoms with Crippen molar-refractivity contribution in [3.05, 3.63) is 40.7 Å². The summed E-state index contributed by atoms with van der Waals surface area (Å²) >= 11 is 1.52. The number of imide groups is 1. The number of carbonyl (C=O) groups is 3. The number of thiophene rings is 1. The largest absolute Gasteiger partial charge is 0.324 e. The lowest BCUT2D eigenvalue weighted by molar-refractivity contribution is -0.141. The fourth-order valence-corrected chi connectivity index (χ4v) is 6.19. The van der Waals surface area contributed by atoms with Crippen molar-refractivity contribution >= 4 is 45.0 Å². The number of aryl methyl sites for hydroxylation is 2. The summed E-state index contributed by atoms with van der Waals surface area (Å²) in [6, 6.07) is 5.88. The first kappa shape index (κ1) is 24.5. The molecule has 5 rings (SSSR count). The summed E-state index contributed by atoms with van der Waals surface area (Å²) < 4.78 is 0.946. The molecule has 0 aliphatic carbocycles. The third-order valence-corrected chi connectivity index (χ3v) is 8.73. The summed E-state index contributed by atoms with van der Waals surface area (Å²) in [5.74, 6) is -0.696. The van der Waals surface area contributed by atoms with Crippen molar-refractivity contribution in [2.45, 2.75) is 47.6 Å². The maximum atomic E-state index is 13.0. The van der Waals surface area contributed by atoms with Crippen molar-refractivity contribution in [1.29, 1.82) is 0 Å². The van der Waals surface area contributed by atoms with Crippen molar-refractivity contribution in [3.8, 4) is 11.1 Å². The van der Waals surface area contributed by atoms with Gasteiger partial charge < -0.3 is 10.6 Å². The molecule has 2 N–H and O–H groups in total. The highest BCUT2D eigenvalue weighted by molar-refractivity contribution is 7.19. The maximum Gasteiger partial charge on any atom is 0.235 e. The summed E-state index contributed by atoms with van der Waals surface area (Å²) in [6.45, 7) is 11.1. The van der Waals surface area contributed by atoms with Crippen LogP contribution >= 0.6 is 11.3 Å². The Balaban J connectivity index is 1.53. The van der Waals surface area contributed by atoms with Gasteiger partial charge in [-0.2, -0.15) is 0 Å². The van der Waals surface area contributed by atoms with Crippen LogP contribution in [0.4, 0.5) is 5.69 Å². The standard InChI is InChI=1S/C27H31N5O3S/c1-14-10-20(22(16(3)30-14)31-24(33)17-6-8-28-12-17)19-7-9-29-21-11-18(36-23(19)21)13-32-25(34)15(2)27(4,5)26(32)35/h7,9-11,15,17,28H,6,8,12-13H2,1-5H3,(H,31,33)/t15?,17-/m1/s1. The van der Waals surface area contributed by atoms with E-state index in [2.05, 4.69) is 20.6 Å². The molecule has 0 spiro atoms. The molecule has 2 aliphatic heterocycles. The van der Waals surface area contributed by atoms with Crippen LogP contribution in [-0.2, 0) is 20.9 Å². The number of carbonyl (C=O) groups excluding carboxylic acids is 3. The van der Waals surface area contributed by atoms with Crippen LogP contribution in [0.25, 0.3) is 21.3 Å². The van der Waals surface area contributed by atoms with Gasteiger partial charge in [0.1, 0.15) is 0 Å². The molecule has 3 aromatic rings. The number of anilines is 1. The van der Waals surface area contributed by atoms with Gasteiger partial charge in [0.25, 0.3) is 0 Å². The smallest absolute Gasteiger partial charge is 0.235 e. The first-order valence-electron chi connectivity index (χ1n) is 12.3.